The molecule has 3 N–H and O–H groups in total. The summed E-state index contributed by atoms with van der Waals surface area (Å²) >= 11 is 16.9. The molecule has 22 nitrogen and oxygen atoms in total. The van der Waals surface area contributed by atoms with E-state index in [2.05, 4.69) is 94.7 Å². The first-order valence-corrected chi connectivity index (χ1v) is 44.8. The number of hydrogen-bond acceptors (Lipinski definition) is 20. The van der Waals surface area contributed by atoms with Crippen LogP contribution < -0.4 is 19.7 Å². The number of halogens is 3. The number of aliphatic hydroxyl groups excluding tert-OH is 2. The molecule has 0 amide bonds. The smallest absolute Gasteiger partial charge is 0.306 e. The van der Waals surface area contributed by atoms with Crippen molar-refractivity contribution in [3.8, 4) is 34.5 Å². The van der Waals surface area contributed by atoms with Gasteiger partial charge in [0.2, 0.25) is 0 Å². The predicted molar refractivity (Wildman–Crippen MR) is 388 cm³/mol. The van der Waals surface area contributed by atoms with Crippen LogP contribution in [-0.2, 0) is 60.9 Å². The molecule has 8 fully saturated rings. The third-order valence-electron chi connectivity index (χ3n) is 20.0. The number of benzene rings is 2. The van der Waals surface area contributed by atoms with Crippen molar-refractivity contribution in [1.82, 2.24) is 34.4 Å². The van der Waals surface area contributed by atoms with Crippen LogP contribution in [0.4, 0.5) is 5.69 Å². The van der Waals surface area contributed by atoms with Crippen molar-refractivity contribution in [2.75, 3.05) is 70.7 Å². The second-order valence-corrected chi connectivity index (χ2v) is 43.2. The van der Waals surface area contributed by atoms with Crippen molar-refractivity contribution >= 4 is 95.2 Å². The molecule has 0 radical (unpaired) electrons. The van der Waals surface area contributed by atoms with Crippen LogP contribution in [0.1, 0.15) is 89.9 Å². The average molecular weight is 1510 g/mol. The predicted octanol–water partition coefficient (Wildman–Crippen LogP) is 12.7. The lowest BCUT2D eigenvalue weighted by Gasteiger charge is -2.33. The van der Waals surface area contributed by atoms with Gasteiger partial charge in [0, 0.05) is 76.6 Å². The maximum atomic E-state index is 12.5. The molecule has 0 bridgehead atoms. The summed E-state index contributed by atoms with van der Waals surface area (Å²) < 4.78 is 63.7. The fourth-order valence-corrected chi connectivity index (χ4v) is 16.4. The standard InChI is InChI=1S/C36H49ClN4O7Si.C24H29BrClN3O5Si.C12H21NO2/c1-49(2,3)17-16-44-22-41-35-28(38-36(41)48-30-21-46-33-29(42)20-45-34(30)33)19-27(37)32(39-35)24-8-10-25(11-9-24)40-14-12-23(13-15-40)18-31(43)47-26-6-4-5-7-26;1-35(2,3)9-8-31-13-29-23-17(10-16(26)20(28-23)14-4-6-15(25)7-5-14)27-24(29)34-19-12-33-21-18(30)11-32-22(19)21;14-12(15-11-3-1-2-4-11)9-10-5-7-13-8-6-10/h8-11,19,23,26,29-30,33-34,42H,4-7,12-18,20-22H2,1-3H3;4-7,10,18-19,21-22,30H,8-9,11-13H2,1-3H3;10-11,13H,1-9H2/t29-,30-,33-,34-;18-,19-,21-,22-;/m11./s1. The number of rotatable bonds is 23. The van der Waals surface area contributed by atoms with Crippen LogP contribution in [0.2, 0.25) is 61.4 Å². The molecule has 8 atom stereocenters. The second-order valence-electron chi connectivity index (χ2n) is 30.2. The number of carbonyl (C=O) groups excluding carboxylic acids is 2. The molecule has 10 heterocycles. The van der Waals surface area contributed by atoms with E-state index in [0.29, 0.717) is 107 Å². The van der Waals surface area contributed by atoms with Crippen molar-refractivity contribution in [3.63, 3.8) is 0 Å². The summed E-state index contributed by atoms with van der Waals surface area (Å²) in [6, 6.07) is 22.6. The van der Waals surface area contributed by atoms with E-state index < -0.39 is 46.7 Å². The Morgan fingerprint density at radius 3 is 1.41 bits per heavy atom. The van der Waals surface area contributed by atoms with Crippen molar-refractivity contribution in [3.05, 3.63) is 75.2 Å². The number of aliphatic hydroxyl groups is 2. The molecule has 8 aliphatic rings. The van der Waals surface area contributed by atoms with Crippen LogP contribution in [0.25, 0.3) is 44.8 Å². The summed E-state index contributed by atoms with van der Waals surface area (Å²) in [7, 11) is -2.52. The van der Waals surface area contributed by atoms with Gasteiger partial charge >= 0.3 is 24.0 Å². The number of ether oxygens (including phenoxy) is 10. The maximum Gasteiger partial charge on any atom is 0.306 e. The van der Waals surface area contributed by atoms with Gasteiger partial charge in [-0.1, -0.05) is 103 Å². The van der Waals surface area contributed by atoms with Crippen molar-refractivity contribution in [2.45, 2.75) is 216 Å². The van der Waals surface area contributed by atoms with Crippen molar-refractivity contribution in [1.29, 1.82) is 0 Å². The molecular weight excluding hydrogens is 1410 g/mol. The number of esters is 2. The summed E-state index contributed by atoms with van der Waals surface area (Å²) in [5.74, 6) is 0.935. The average Bonchev–Trinajstić information content (AvgIpc) is 1.63. The van der Waals surface area contributed by atoms with Gasteiger partial charge in [0.1, 0.15) is 73.3 Å². The van der Waals surface area contributed by atoms with E-state index in [1.807, 2.05) is 39.5 Å². The summed E-state index contributed by atoms with van der Waals surface area (Å²) in [5.41, 5.74) is 6.71. The highest BCUT2D eigenvalue weighted by Crippen LogP contribution is 2.38. The Bertz CT molecular complexity index is 3650. The van der Waals surface area contributed by atoms with E-state index in [1.165, 1.54) is 25.7 Å². The molecule has 0 spiro atoms. The van der Waals surface area contributed by atoms with Crippen molar-refractivity contribution < 1.29 is 67.2 Å². The lowest BCUT2D eigenvalue weighted by atomic mass is 9.93. The van der Waals surface area contributed by atoms with Gasteiger partial charge in [0.05, 0.1) is 47.9 Å². The van der Waals surface area contributed by atoms with Crippen LogP contribution in [0.5, 0.6) is 12.0 Å². The second kappa shape index (κ2) is 33.7. The Morgan fingerprint density at radius 1 is 0.566 bits per heavy atom. The van der Waals surface area contributed by atoms with E-state index in [1.54, 1.807) is 6.07 Å². The Labute approximate surface area is 601 Å². The topological polar surface area (TPSA) is 244 Å². The lowest BCUT2D eigenvalue weighted by Crippen LogP contribution is -2.35. The molecule has 99 heavy (non-hydrogen) atoms. The first kappa shape index (κ1) is 73.9. The Kier molecular flexibility index (Phi) is 25.2. The number of nitrogens with zero attached hydrogens (tertiary/aromatic N) is 7. The van der Waals surface area contributed by atoms with Crippen LogP contribution in [-0.4, -0.2) is 194 Å². The zero-order chi connectivity index (χ0) is 69.4. The number of pyridine rings is 2. The molecule has 0 unspecified atom stereocenters. The van der Waals surface area contributed by atoms with Crippen LogP contribution in [0, 0.1) is 11.8 Å². The minimum atomic E-state index is -1.28. The number of piperidine rings is 2. The number of fused-ring (bicyclic) bond motifs is 4. The van der Waals surface area contributed by atoms with Gasteiger partial charge in [-0.2, -0.15) is 9.97 Å². The third kappa shape index (κ3) is 19.5. The zero-order valence-electron chi connectivity index (χ0n) is 58.1. The first-order chi connectivity index (χ1) is 47.6. The highest BCUT2D eigenvalue weighted by atomic mass is 79.9. The van der Waals surface area contributed by atoms with E-state index in [-0.39, 0.29) is 69.1 Å². The van der Waals surface area contributed by atoms with Crippen molar-refractivity contribution in [2.24, 2.45) is 11.8 Å². The number of imidazole rings is 2. The lowest BCUT2D eigenvalue weighted by molar-refractivity contribution is -0.151. The molecule has 4 aromatic heterocycles. The van der Waals surface area contributed by atoms with Crippen LogP contribution in [0.3, 0.4) is 0 Å². The van der Waals surface area contributed by atoms with Gasteiger partial charge in [-0.25, -0.2) is 9.97 Å². The van der Waals surface area contributed by atoms with Gasteiger partial charge in [-0.15, -0.1) is 0 Å². The molecule has 27 heteroatoms. The molecule has 540 valence electrons. The number of nitrogens with one attached hydrogen (secondary N) is 1. The molecule has 6 aliphatic heterocycles. The molecular formula is C72H99BrCl2N8O14Si2. The Morgan fingerprint density at radius 2 is 0.980 bits per heavy atom. The summed E-state index contributed by atoms with van der Waals surface area (Å²) in [5, 5.41) is 24.6. The molecule has 2 aromatic carbocycles. The fraction of sp³-hybridized carbons (Fsp3) is 0.639. The fourth-order valence-electron chi connectivity index (χ4n) is 14.1. The maximum absolute atomic E-state index is 12.5. The van der Waals surface area contributed by atoms with Gasteiger partial charge in [0.15, 0.2) is 23.5 Å². The van der Waals surface area contributed by atoms with Gasteiger partial charge in [0.25, 0.3) is 0 Å². The summed E-state index contributed by atoms with van der Waals surface area (Å²) in [6.45, 7) is 20.7. The van der Waals surface area contributed by atoms with Crippen LogP contribution in [0.15, 0.2) is 65.1 Å². The Hall–Kier alpha value is -4.85. The highest BCUT2D eigenvalue weighted by Gasteiger charge is 2.50. The molecule has 14 rings (SSSR count). The summed E-state index contributed by atoms with van der Waals surface area (Å²) in [6.07, 6.45) is 11.1. The molecule has 2 aliphatic carbocycles. The normalized spacial score (nSPS) is 24.6. The quantitative estimate of drug-likeness (QED) is 0.0307. The number of anilines is 1. The number of aromatic nitrogens is 6. The van der Waals surface area contributed by atoms with Gasteiger partial charge < -0.3 is 67.8 Å². The van der Waals surface area contributed by atoms with E-state index in [0.717, 1.165) is 111 Å². The SMILES string of the molecule is C[Si](C)(C)CCOCn1c(O[C@@H]2CO[C@H]3[C@@H]2OC[C@H]3O)nc2cc(Cl)c(-c3ccc(Br)cc3)nc21.C[Si](C)(C)CCOCn1c(O[C@@H]2CO[C@H]3[C@@H]2OC[C@H]3O)nc2cc(Cl)c(-c3ccc(N4CCC(CC(=O)OC5CCCC5)CC4)cc3)nc21.O=C(CC1CCNCC1)OC1CCCC1. The minimum absolute atomic E-state index is 0.0296. The number of hydrogen-bond donors (Lipinski definition) is 3. The van der Waals surface area contributed by atoms with Crippen LogP contribution >= 0.6 is 39.1 Å². The van der Waals surface area contributed by atoms with Gasteiger partial charge in [-0.3, -0.25) is 18.7 Å². The molecule has 6 saturated heterocycles. The first-order valence-electron chi connectivity index (χ1n) is 35.8. The largest absolute Gasteiger partial charge is 0.462 e. The minimum Gasteiger partial charge on any atom is -0.462 e. The molecule has 2 saturated carbocycles. The third-order valence-corrected chi connectivity index (χ3v) is 24.5. The zero-order valence-corrected chi connectivity index (χ0v) is 63.2. The molecule has 6 aromatic rings. The van der Waals surface area contributed by atoms with E-state index in [9.17, 15) is 19.8 Å². The highest BCUT2D eigenvalue weighted by molar-refractivity contribution is 9.10. The van der Waals surface area contributed by atoms with Gasteiger partial charge in [-0.05, 0) is 150 Å². The number of carbonyl (C=O) groups is 2. The van der Waals surface area contributed by atoms with E-state index >= 15 is 0 Å². The monoisotopic (exact) mass is 1500 g/mol. The summed E-state index contributed by atoms with van der Waals surface area (Å²) in [4.78, 5) is 45.8. The Balaban J connectivity index is 0.000000161. The van der Waals surface area contributed by atoms with E-state index in [4.69, 9.17) is 85.5 Å².